The molecule has 0 saturated carbocycles. The summed E-state index contributed by atoms with van der Waals surface area (Å²) in [5.74, 6) is -8.38. The predicted octanol–water partition coefficient (Wildman–Crippen LogP) is -4.19. The number of aliphatic hydroxyl groups is 2. The van der Waals surface area contributed by atoms with Crippen LogP contribution in [0.1, 0.15) is 139 Å². The van der Waals surface area contributed by atoms with E-state index in [1.807, 2.05) is 0 Å². The Balaban J connectivity index is 0.00000522. The van der Waals surface area contributed by atoms with Gasteiger partial charge in [-0.25, -0.2) is 9.47 Å². The number of imide groups is 1. The van der Waals surface area contributed by atoms with E-state index in [2.05, 4.69) is 31.9 Å². The van der Waals surface area contributed by atoms with E-state index in [0.29, 0.717) is 35.5 Å². The van der Waals surface area contributed by atoms with Gasteiger partial charge in [0, 0.05) is 104 Å². The lowest BCUT2D eigenvalue weighted by molar-refractivity contribution is -0.210. The molecule has 2 spiro atoms. The van der Waals surface area contributed by atoms with E-state index in [9.17, 15) is 57.8 Å². The monoisotopic (exact) mass is 1140 g/mol. The van der Waals surface area contributed by atoms with E-state index in [0.717, 1.165) is 35.0 Å². The van der Waals surface area contributed by atoms with E-state index in [4.69, 9.17) is 20.5 Å². The average molecular weight is 1140 g/mol. The molecule has 2 aromatic rings. The Hall–Kier alpha value is -8.25. The molecule has 7 rings (SSSR count). The minimum atomic E-state index is -2.59. The van der Waals surface area contributed by atoms with Gasteiger partial charge in [-0.2, -0.15) is 0 Å². The zero-order valence-corrected chi connectivity index (χ0v) is 45.9. The third-order valence-corrected chi connectivity index (χ3v) is 14.9. The molecule has 0 aromatic carbocycles. The maximum atomic E-state index is 15.2. The van der Waals surface area contributed by atoms with Gasteiger partial charge in [-0.3, -0.25) is 67.9 Å². The summed E-state index contributed by atoms with van der Waals surface area (Å²) in [5.41, 5.74) is -5.19. The predicted molar refractivity (Wildman–Crippen MR) is 281 cm³/mol. The zero-order valence-electron chi connectivity index (χ0n) is 45.9. The van der Waals surface area contributed by atoms with Crippen LogP contribution in [-0.2, 0) is 38.4 Å². The highest BCUT2D eigenvalue weighted by Crippen LogP contribution is 2.46. The molecule has 5 bridgehead atoms. The number of nitrogens with two attached hydrogens (primary N) is 1. The summed E-state index contributed by atoms with van der Waals surface area (Å²) in [5, 5.41) is 37.3. The minimum absolute atomic E-state index is 0.00475. The zero-order chi connectivity index (χ0) is 59.6. The molecule has 5 aliphatic heterocycles. The SMILES string of the molecule is CNC(=O)CC(=O)N1CCCCN2CCC3(CNC(=O)c4ccc5n(c4=O)N(C)C3(On3c(ccc(C(N)=O)c3=O)C(=O)NC[C@H](CCCCNC(=O)CCCC(=O)ON3C(=O)CCC3=O)NC5=O)C(C)(C)C1)NC(O)CC2=O.CO. The summed E-state index contributed by atoms with van der Waals surface area (Å²) in [6.07, 6.45) is -2.17. The Labute approximate surface area is 464 Å². The van der Waals surface area contributed by atoms with Crippen molar-refractivity contribution >= 4 is 65.0 Å². The molecule has 2 aromatic heterocycles. The van der Waals surface area contributed by atoms with Crippen molar-refractivity contribution in [3.63, 3.8) is 0 Å². The number of pyridine rings is 2. The molecular formula is C51H71N13O17. The van der Waals surface area contributed by atoms with Gasteiger partial charge in [0.05, 0.1) is 6.42 Å². The molecular weight excluding hydrogens is 1070 g/mol. The van der Waals surface area contributed by atoms with Gasteiger partial charge in [-0.1, -0.05) is 13.8 Å². The molecule has 3 unspecified atom stereocenters. The second-order valence-electron chi connectivity index (χ2n) is 20.7. The summed E-state index contributed by atoms with van der Waals surface area (Å²) < 4.78 is 1.36. The normalized spacial score (nSPS) is 23.0. The fraction of sp³-hybridized carbons (Fsp3) is 0.588. The lowest BCUT2D eigenvalue weighted by Gasteiger charge is -2.62. The second-order valence-corrected chi connectivity index (χ2v) is 20.7. The van der Waals surface area contributed by atoms with Crippen LogP contribution in [0.3, 0.4) is 0 Å². The Morgan fingerprint density at radius 1 is 0.815 bits per heavy atom. The summed E-state index contributed by atoms with van der Waals surface area (Å²) in [6.45, 7) is 1.98. The molecule has 0 aliphatic carbocycles. The van der Waals surface area contributed by atoms with Crippen molar-refractivity contribution in [1.29, 1.82) is 0 Å². The number of unbranched alkanes of at least 4 members (excludes halogenated alkanes) is 1. The van der Waals surface area contributed by atoms with Gasteiger partial charge in [0.15, 0.2) is 0 Å². The number of amides is 10. The molecule has 10 N–H and O–H groups in total. The topological polar surface area (TPSA) is 402 Å². The number of hydrogen-bond donors (Lipinski definition) is 9. The molecule has 30 heteroatoms. The van der Waals surface area contributed by atoms with Gasteiger partial charge in [0.25, 0.3) is 46.6 Å². The van der Waals surface area contributed by atoms with Crippen molar-refractivity contribution in [1.82, 2.24) is 56.2 Å². The van der Waals surface area contributed by atoms with Gasteiger partial charge >= 0.3 is 5.97 Å². The van der Waals surface area contributed by atoms with Crippen molar-refractivity contribution in [2.24, 2.45) is 11.1 Å². The van der Waals surface area contributed by atoms with Gasteiger partial charge < -0.3 is 62.0 Å². The fourth-order valence-corrected chi connectivity index (χ4v) is 11.0. The number of hydrogen-bond acceptors (Lipinski definition) is 19. The number of nitrogens with one attached hydrogen (secondary N) is 6. The number of likely N-dealkylation sites (N-methyl/N-ethyl adjacent to an activating group) is 1. The number of carbonyl (C=O) groups is 11. The van der Waals surface area contributed by atoms with Gasteiger partial charge in [-0.15, -0.1) is 9.79 Å². The molecule has 0 radical (unpaired) electrons. The van der Waals surface area contributed by atoms with Crippen molar-refractivity contribution in [3.05, 3.63) is 67.5 Å². The molecule has 3 fully saturated rings. The van der Waals surface area contributed by atoms with Crippen LogP contribution in [0.2, 0.25) is 0 Å². The highest BCUT2D eigenvalue weighted by Gasteiger charge is 2.68. The Morgan fingerprint density at radius 2 is 1.51 bits per heavy atom. The highest BCUT2D eigenvalue weighted by atomic mass is 16.7. The molecule has 81 heavy (non-hydrogen) atoms. The van der Waals surface area contributed by atoms with Crippen LogP contribution >= 0.6 is 0 Å². The first kappa shape index (κ1) is 62.0. The first-order valence-corrected chi connectivity index (χ1v) is 26.6. The third kappa shape index (κ3) is 13.3. The quantitative estimate of drug-likeness (QED) is 0.0522. The van der Waals surface area contributed by atoms with Crippen LogP contribution in [0.4, 0.5) is 0 Å². The van der Waals surface area contributed by atoms with Crippen LogP contribution in [0.15, 0.2) is 33.9 Å². The first-order chi connectivity index (χ1) is 38.4. The van der Waals surface area contributed by atoms with E-state index in [-0.39, 0.29) is 77.7 Å². The molecule has 4 atom stereocenters. The van der Waals surface area contributed by atoms with Crippen molar-refractivity contribution in [3.8, 4) is 0 Å². The minimum Gasteiger partial charge on any atom is -0.400 e. The standard InChI is InChI=1S/C50H67N13O16.CH4O/c1-48(2)28-60(40(70)24-35(65)52-3)22-8-7-21-59-23-19-49(57-36(66)25-39(59)69)27-55-43(73)31-14-15-32-45(75)56-29(10-5-6-20-53-34(64)11-9-12-41(71)78-63-37(67)17-18-38(63)68)26-54-44(74)33-16-13-30(42(51)72)47(77)62(33)79-50(48,49)58(4)61(32)46(31)76;1-2/h13-16,29,36,57,66H,5-12,17-28H2,1-4H3,(H2,51,72)(H,52,65)(H,53,64)(H,54,74)(H,55,73)(H,56,75);2H,1H3/t29-,36?,49?,50?;/m0./s1. The van der Waals surface area contributed by atoms with Crippen molar-refractivity contribution < 1.29 is 72.6 Å². The summed E-state index contributed by atoms with van der Waals surface area (Å²) in [6, 6.07) is 3.49. The maximum absolute atomic E-state index is 15.2. The number of hydroxylamine groups is 2. The molecule has 5 aliphatic rings. The lowest BCUT2D eigenvalue weighted by atomic mass is 9.66. The Bertz CT molecular complexity index is 2930. The molecule has 30 nitrogen and oxygen atoms in total. The summed E-state index contributed by atoms with van der Waals surface area (Å²) in [4.78, 5) is 192. The molecule has 442 valence electrons. The lowest BCUT2D eigenvalue weighted by Crippen LogP contribution is -2.86. The maximum Gasteiger partial charge on any atom is 0.333 e. The first-order valence-electron chi connectivity index (χ1n) is 26.6. The average Bonchev–Trinajstić information content (AvgIpc) is 2.43. The van der Waals surface area contributed by atoms with E-state index >= 15 is 9.59 Å². The molecule has 7 heterocycles. The largest absolute Gasteiger partial charge is 0.400 e. The second kappa shape index (κ2) is 26.3. The van der Waals surface area contributed by atoms with Crippen LogP contribution in [0.5, 0.6) is 0 Å². The van der Waals surface area contributed by atoms with E-state index < -0.39 is 154 Å². The van der Waals surface area contributed by atoms with Crippen molar-refractivity contribution in [2.45, 2.75) is 121 Å². The van der Waals surface area contributed by atoms with Crippen molar-refractivity contribution in [2.75, 3.05) is 72.0 Å². The van der Waals surface area contributed by atoms with Gasteiger partial charge in [-0.05, 0) is 69.2 Å². The van der Waals surface area contributed by atoms with Crippen LogP contribution in [0.25, 0.3) is 0 Å². The number of carbonyl (C=O) groups excluding carboxylic acids is 11. The fourth-order valence-electron chi connectivity index (χ4n) is 11.0. The number of aliphatic hydroxyl groups excluding tert-OH is 2. The third-order valence-electron chi connectivity index (χ3n) is 14.9. The van der Waals surface area contributed by atoms with Gasteiger partial charge in [0.1, 0.15) is 40.7 Å². The van der Waals surface area contributed by atoms with Gasteiger partial charge in [0.2, 0.25) is 29.4 Å². The molecule has 3 saturated heterocycles. The van der Waals surface area contributed by atoms with Crippen LogP contribution in [0, 0.1) is 5.41 Å². The Morgan fingerprint density at radius 3 is 2.20 bits per heavy atom. The number of fused-ring (bicyclic) bond motifs is 4. The number of primary amides is 1. The number of aromatic nitrogens is 2. The summed E-state index contributed by atoms with van der Waals surface area (Å²) >= 11 is 0. The highest BCUT2D eigenvalue weighted by molar-refractivity contribution is 6.02. The number of rotatable bonds is 13. The van der Waals surface area contributed by atoms with Crippen LogP contribution < -0.4 is 58.6 Å². The van der Waals surface area contributed by atoms with Crippen LogP contribution in [-0.4, -0.2) is 190 Å². The van der Waals surface area contributed by atoms with E-state index in [1.165, 1.54) is 30.0 Å². The smallest absolute Gasteiger partial charge is 0.333 e. The van der Waals surface area contributed by atoms with E-state index in [1.54, 1.807) is 13.8 Å². The molecule has 10 amide bonds. The summed E-state index contributed by atoms with van der Waals surface area (Å²) in [7, 11) is 3.66. The Kier molecular flexibility index (Phi) is 20.2. The number of nitrogens with zero attached hydrogens (tertiary/aromatic N) is 6.